The number of carbonyl (C=O) groups is 1. The first kappa shape index (κ1) is 70.8. The van der Waals surface area contributed by atoms with E-state index in [-0.39, 0.29) is 0 Å². The molecule has 0 aliphatic carbocycles. The molecule has 5 N–H and O–H groups in total. The van der Waals surface area contributed by atoms with Crippen molar-refractivity contribution < 1.29 is 25.2 Å². The van der Waals surface area contributed by atoms with Crippen LogP contribution in [0.15, 0.2) is 24.3 Å². The first-order valence-electron chi connectivity index (χ1n) is 32.7. The topological polar surface area (TPSA) is 110 Å². The van der Waals surface area contributed by atoms with Crippen LogP contribution in [0.5, 0.6) is 0 Å². The number of aliphatic hydroxyl groups is 4. The summed E-state index contributed by atoms with van der Waals surface area (Å²) < 4.78 is 0. The van der Waals surface area contributed by atoms with Crippen molar-refractivity contribution in [1.82, 2.24) is 5.32 Å². The van der Waals surface area contributed by atoms with E-state index in [4.69, 9.17) is 0 Å². The molecule has 428 valence electrons. The van der Waals surface area contributed by atoms with Crippen LogP contribution in [0.25, 0.3) is 0 Å². The lowest BCUT2D eigenvalue weighted by molar-refractivity contribution is -0.132. The van der Waals surface area contributed by atoms with Crippen LogP contribution < -0.4 is 5.32 Å². The molecule has 0 aliphatic heterocycles. The van der Waals surface area contributed by atoms with Crippen LogP contribution in [0.2, 0.25) is 0 Å². The van der Waals surface area contributed by atoms with Gasteiger partial charge in [-0.05, 0) is 44.9 Å². The Labute approximate surface area is 450 Å². The highest BCUT2D eigenvalue weighted by Crippen LogP contribution is 2.19. The Hall–Kier alpha value is -1.21. The Kier molecular flexibility index (Phi) is 59.6. The molecule has 0 spiro atoms. The molecule has 0 aliphatic rings. The predicted octanol–water partition coefficient (Wildman–Crippen LogP) is 19.8. The van der Waals surface area contributed by atoms with Crippen molar-refractivity contribution in [1.29, 1.82) is 0 Å². The molecule has 72 heavy (non-hydrogen) atoms. The summed E-state index contributed by atoms with van der Waals surface area (Å²) >= 11 is 0. The standard InChI is InChI=1S/C66H129NO5/c1-3-5-7-9-11-13-15-17-19-21-23-25-27-28-29-30-31-32-33-34-35-36-37-38-40-42-44-46-48-50-52-54-56-58-60-64(70)66(72)67-62(61-68)65(71)63(69)59-57-55-53-51-49-47-45-43-41-39-26-24-22-20-18-16-14-12-10-8-6-4-2/h27-28,30-31,62-65,68-71H,3-26,29,32-61H2,1-2H3,(H,67,72)/b28-27-,31-30-. The summed E-state index contributed by atoms with van der Waals surface area (Å²) in [7, 11) is 0. The minimum Gasteiger partial charge on any atom is -0.394 e. The molecule has 0 heterocycles. The molecule has 0 saturated heterocycles. The second-order valence-electron chi connectivity index (χ2n) is 22.8. The summed E-state index contributed by atoms with van der Waals surface area (Å²) in [6.45, 7) is 4.10. The molecule has 6 nitrogen and oxygen atoms in total. The number of unbranched alkanes of at least 4 members (excludes halogenated alkanes) is 48. The van der Waals surface area contributed by atoms with E-state index in [0.29, 0.717) is 12.8 Å². The predicted molar refractivity (Wildman–Crippen MR) is 316 cm³/mol. The molecule has 0 aromatic rings. The first-order valence-corrected chi connectivity index (χ1v) is 32.7. The Bertz CT molecular complexity index is 1100. The molecule has 0 fully saturated rings. The van der Waals surface area contributed by atoms with Crippen molar-refractivity contribution in [2.75, 3.05) is 6.61 Å². The molecular formula is C66H129NO5. The molecule has 0 aromatic heterocycles. The van der Waals surface area contributed by atoms with Gasteiger partial charge in [0.15, 0.2) is 0 Å². The van der Waals surface area contributed by atoms with E-state index in [0.717, 1.165) is 44.9 Å². The van der Waals surface area contributed by atoms with Gasteiger partial charge in [-0.3, -0.25) is 4.79 Å². The van der Waals surface area contributed by atoms with Crippen molar-refractivity contribution in [2.45, 2.75) is 385 Å². The first-order chi connectivity index (χ1) is 35.5. The molecule has 0 bridgehead atoms. The summed E-state index contributed by atoms with van der Waals surface area (Å²) in [5.74, 6) is -0.577. The third kappa shape index (κ3) is 53.6. The highest BCUT2D eigenvalue weighted by atomic mass is 16.3. The van der Waals surface area contributed by atoms with Crippen LogP contribution in [0, 0.1) is 0 Å². The molecular weight excluding hydrogens is 887 g/mol. The fourth-order valence-electron chi connectivity index (χ4n) is 10.6. The molecule has 0 radical (unpaired) electrons. The van der Waals surface area contributed by atoms with Gasteiger partial charge in [-0.2, -0.15) is 0 Å². The van der Waals surface area contributed by atoms with E-state index in [1.807, 2.05) is 0 Å². The number of allylic oxidation sites excluding steroid dienone is 4. The van der Waals surface area contributed by atoms with E-state index in [2.05, 4.69) is 43.5 Å². The quantitative estimate of drug-likeness (QED) is 0.0308. The van der Waals surface area contributed by atoms with Gasteiger partial charge in [0, 0.05) is 0 Å². The molecule has 4 unspecified atom stereocenters. The van der Waals surface area contributed by atoms with E-state index in [1.54, 1.807) is 0 Å². The van der Waals surface area contributed by atoms with Crippen molar-refractivity contribution >= 4 is 5.91 Å². The van der Waals surface area contributed by atoms with Gasteiger partial charge in [0.05, 0.1) is 18.8 Å². The molecule has 0 rings (SSSR count). The highest BCUT2D eigenvalue weighted by Gasteiger charge is 2.28. The van der Waals surface area contributed by atoms with E-state index in [1.165, 1.54) is 289 Å². The van der Waals surface area contributed by atoms with Gasteiger partial charge < -0.3 is 25.7 Å². The lowest BCUT2D eigenvalue weighted by Crippen LogP contribution is -2.53. The van der Waals surface area contributed by atoms with E-state index in [9.17, 15) is 25.2 Å². The van der Waals surface area contributed by atoms with Gasteiger partial charge in [0.25, 0.3) is 0 Å². The van der Waals surface area contributed by atoms with Crippen LogP contribution in [0.1, 0.15) is 361 Å². The molecule has 1 amide bonds. The number of hydrogen-bond acceptors (Lipinski definition) is 5. The van der Waals surface area contributed by atoms with Crippen molar-refractivity contribution in [3.8, 4) is 0 Å². The second kappa shape index (κ2) is 60.7. The molecule has 6 heteroatoms. The largest absolute Gasteiger partial charge is 0.394 e. The van der Waals surface area contributed by atoms with Crippen LogP contribution >= 0.6 is 0 Å². The minimum atomic E-state index is -1.26. The zero-order valence-electron chi connectivity index (χ0n) is 48.7. The lowest BCUT2D eigenvalue weighted by Gasteiger charge is -2.27. The maximum absolute atomic E-state index is 12.6. The van der Waals surface area contributed by atoms with Gasteiger partial charge >= 0.3 is 0 Å². The van der Waals surface area contributed by atoms with Gasteiger partial charge in [0.1, 0.15) is 12.2 Å². The summed E-state index contributed by atoms with van der Waals surface area (Å²) in [5.41, 5.74) is 0. The van der Waals surface area contributed by atoms with Crippen LogP contribution in [-0.2, 0) is 4.79 Å². The number of rotatable bonds is 61. The lowest BCUT2D eigenvalue weighted by atomic mass is 9.99. The van der Waals surface area contributed by atoms with Gasteiger partial charge in [-0.15, -0.1) is 0 Å². The Morgan fingerprint density at radius 2 is 0.597 bits per heavy atom. The SMILES string of the molecule is CCCCCCCCCCCCC/C=C\C/C=C\CCCCCCCCCCCCCCCCCCC(O)C(=O)NC(CO)C(O)C(O)CCCCCCCCCCCCCCCCCCCCCCCC. The van der Waals surface area contributed by atoms with Crippen LogP contribution in [-0.4, -0.2) is 57.3 Å². The fraction of sp³-hybridized carbons (Fsp3) is 0.924. The fourth-order valence-corrected chi connectivity index (χ4v) is 10.6. The van der Waals surface area contributed by atoms with Gasteiger partial charge in [-0.1, -0.05) is 340 Å². The minimum absolute atomic E-state index is 0.372. The average molecular weight is 1020 g/mol. The number of hydrogen-bond donors (Lipinski definition) is 5. The average Bonchev–Trinajstić information content (AvgIpc) is 3.39. The van der Waals surface area contributed by atoms with Crippen LogP contribution in [0.4, 0.5) is 0 Å². The number of amides is 1. The normalized spacial score (nSPS) is 13.7. The van der Waals surface area contributed by atoms with E-state index < -0.39 is 36.9 Å². The number of nitrogens with one attached hydrogen (secondary N) is 1. The van der Waals surface area contributed by atoms with E-state index >= 15 is 0 Å². The summed E-state index contributed by atoms with van der Waals surface area (Å²) in [4.78, 5) is 12.6. The Morgan fingerprint density at radius 1 is 0.347 bits per heavy atom. The molecule has 0 saturated carbocycles. The monoisotopic (exact) mass is 1020 g/mol. The summed E-state index contributed by atoms with van der Waals surface area (Å²) in [6, 6.07) is -0.985. The Balaban J connectivity index is 3.55. The molecule has 0 aromatic carbocycles. The number of aliphatic hydroxyl groups excluding tert-OH is 4. The van der Waals surface area contributed by atoms with Crippen molar-refractivity contribution in [3.05, 3.63) is 24.3 Å². The smallest absolute Gasteiger partial charge is 0.249 e. The zero-order valence-corrected chi connectivity index (χ0v) is 48.7. The summed E-state index contributed by atoms with van der Waals surface area (Å²) in [6.07, 6.45) is 75.7. The Morgan fingerprint density at radius 3 is 0.875 bits per heavy atom. The summed E-state index contributed by atoms with van der Waals surface area (Å²) in [5, 5.41) is 44.2. The van der Waals surface area contributed by atoms with Crippen LogP contribution in [0.3, 0.4) is 0 Å². The van der Waals surface area contributed by atoms with Crippen molar-refractivity contribution in [2.24, 2.45) is 0 Å². The van der Waals surface area contributed by atoms with Crippen molar-refractivity contribution in [3.63, 3.8) is 0 Å². The van der Waals surface area contributed by atoms with Gasteiger partial charge in [-0.25, -0.2) is 0 Å². The maximum atomic E-state index is 12.6. The highest BCUT2D eigenvalue weighted by molar-refractivity contribution is 5.80. The van der Waals surface area contributed by atoms with Gasteiger partial charge in [0.2, 0.25) is 5.91 Å². The third-order valence-corrected chi connectivity index (χ3v) is 15.7. The number of carbonyl (C=O) groups excluding carboxylic acids is 1. The third-order valence-electron chi connectivity index (χ3n) is 15.7. The second-order valence-corrected chi connectivity index (χ2v) is 22.8. The molecule has 4 atom stereocenters. The maximum Gasteiger partial charge on any atom is 0.249 e. The zero-order chi connectivity index (χ0) is 52.3.